The number of aryl methyl sites for hydroxylation is 1. The molecule has 6 nitrogen and oxygen atoms in total. The largest absolute Gasteiger partial charge is 0.374 e. The predicted octanol–water partition coefficient (Wildman–Crippen LogP) is 1.96. The average molecular weight is 341 g/mol. The highest BCUT2D eigenvalue weighted by Crippen LogP contribution is 2.28. The fourth-order valence-electron chi connectivity index (χ4n) is 4.09. The number of morpholine rings is 1. The first-order valence-electron chi connectivity index (χ1n) is 9.10. The lowest BCUT2D eigenvalue weighted by atomic mass is 9.90. The van der Waals surface area contributed by atoms with Crippen molar-refractivity contribution in [3.05, 3.63) is 40.7 Å². The number of hydrogen-bond donors (Lipinski definition) is 0. The van der Waals surface area contributed by atoms with Gasteiger partial charge in [0, 0.05) is 18.4 Å². The van der Waals surface area contributed by atoms with Gasteiger partial charge in [0.25, 0.3) is 0 Å². The number of rotatable bonds is 3. The molecular weight excluding hydrogens is 318 g/mol. The molecule has 1 saturated carbocycles. The predicted molar refractivity (Wildman–Crippen MR) is 94.3 cm³/mol. The van der Waals surface area contributed by atoms with Gasteiger partial charge in [-0.3, -0.25) is 14.3 Å². The molecule has 132 valence electrons. The van der Waals surface area contributed by atoms with Gasteiger partial charge in [-0.1, -0.05) is 25.0 Å². The smallest absolute Gasteiger partial charge is 0.224 e. The highest BCUT2D eigenvalue weighted by atomic mass is 16.5. The van der Waals surface area contributed by atoms with Gasteiger partial charge in [-0.05, 0) is 25.0 Å². The van der Waals surface area contributed by atoms with E-state index in [1.54, 1.807) is 10.7 Å². The van der Waals surface area contributed by atoms with Crippen molar-refractivity contribution in [3.63, 3.8) is 0 Å². The lowest BCUT2D eigenvalue weighted by molar-refractivity contribution is -0.149. The van der Waals surface area contributed by atoms with Crippen LogP contribution < -0.4 is 5.43 Å². The van der Waals surface area contributed by atoms with Crippen molar-refractivity contribution >= 4 is 16.8 Å². The quantitative estimate of drug-likeness (QED) is 0.856. The first-order chi connectivity index (χ1) is 12.2. The van der Waals surface area contributed by atoms with Gasteiger partial charge < -0.3 is 9.64 Å². The van der Waals surface area contributed by atoms with E-state index in [9.17, 15) is 9.59 Å². The monoisotopic (exact) mass is 341 g/mol. The van der Waals surface area contributed by atoms with Gasteiger partial charge in [0.2, 0.25) is 11.3 Å². The second kappa shape index (κ2) is 6.96. The van der Waals surface area contributed by atoms with Crippen molar-refractivity contribution < 1.29 is 9.53 Å². The van der Waals surface area contributed by atoms with E-state index in [4.69, 9.17) is 4.74 Å². The number of para-hydroxylation sites is 1. The number of carbonyl (C=O) groups excluding carboxylic acids is 1. The third-order valence-electron chi connectivity index (χ3n) is 5.35. The molecule has 1 aromatic heterocycles. The van der Waals surface area contributed by atoms with Crippen LogP contribution in [-0.4, -0.2) is 45.9 Å². The maximum atomic E-state index is 12.8. The molecule has 0 radical (unpaired) electrons. The minimum Gasteiger partial charge on any atom is -0.374 e. The molecule has 1 aromatic carbocycles. The maximum Gasteiger partial charge on any atom is 0.224 e. The number of nitrogens with zero attached hydrogens (tertiary/aromatic N) is 3. The highest BCUT2D eigenvalue weighted by molar-refractivity contribution is 5.79. The molecule has 1 aliphatic carbocycles. The number of ether oxygens (including phenoxy) is 1. The van der Waals surface area contributed by atoms with Crippen molar-refractivity contribution in [2.24, 2.45) is 0 Å². The molecule has 2 fully saturated rings. The Morgan fingerprint density at radius 2 is 2.08 bits per heavy atom. The Balaban J connectivity index is 1.49. The minimum atomic E-state index is -0.0867. The topological polar surface area (TPSA) is 64.4 Å². The first kappa shape index (κ1) is 16.3. The zero-order valence-corrected chi connectivity index (χ0v) is 14.3. The third kappa shape index (κ3) is 3.18. The maximum absolute atomic E-state index is 12.8. The molecular formula is C19H23N3O3. The second-order valence-corrected chi connectivity index (χ2v) is 6.85. The molecule has 6 heteroatoms. The molecule has 4 rings (SSSR count). The Morgan fingerprint density at radius 1 is 1.24 bits per heavy atom. The van der Waals surface area contributed by atoms with Crippen LogP contribution >= 0.6 is 0 Å². The van der Waals surface area contributed by atoms with Gasteiger partial charge in [-0.25, -0.2) is 0 Å². The van der Waals surface area contributed by atoms with E-state index in [-0.39, 0.29) is 23.5 Å². The van der Waals surface area contributed by atoms with Gasteiger partial charge in [0.1, 0.15) is 0 Å². The summed E-state index contributed by atoms with van der Waals surface area (Å²) in [5.74, 6) is 0.157. The zero-order valence-electron chi connectivity index (χ0n) is 14.3. The molecule has 1 amide bonds. The Hall–Kier alpha value is -2.21. The number of fused-ring (bicyclic) bond motifs is 2. The van der Waals surface area contributed by atoms with Crippen LogP contribution in [0.15, 0.2) is 35.3 Å². The van der Waals surface area contributed by atoms with E-state index in [0.29, 0.717) is 31.5 Å². The summed E-state index contributed by atoms with van der Waals surface area (Å²) >= 11 is 0. The van der Waals surface area contributed by atoms with Gasteiger partial charge in [-0.2, -0.15) is 5.10 Å². The van der Waals surface area contributed by atoms with E-state index >= 15 is 0 Å². The van der Waals surface area contributed by atoms with E-state index in [1.165, 1.54) is 19.0 Å². The molecule has 1 aliphatic heterocycles. The molecule has 0 bridgehead atoms. The number of aromatic nitrogens is 2. The van der Waals surface area contributed by atoms with E-state index in [0.717, 1.165) is 18.4 Å². The van der Waals surface area contributed by atoms with E-state index in [2.05, 4.69) is 5.10 Å². The van der Waals surface area contributed by atoms with E-state index in [1.807, 2.05) is 23.1 Å². The summed E-state index contributed by atoms with van der Waals surface area (Å²) in [5, 5.41) is 4.86. The summed E-state index contributed by atoms with van der Waals surface area (Å²) in [6.07, 6.45) is 6.38. The van der Waals surface area contributed by atoms with Crippen molar-refractivity contribution in [2.75, 3.05) is 13.2 Å². The standard InChI is InChI=1S/C19H23N3O3/c23-17-13-20-22(15-6-2-1-5-14(15)17)10-9-19(24)21-11-12-25-18-8-4-3-7-16(18)21/h1-2,5-6,13,16,18H,3-4,7-12H2/t16-,18+/m0/s1. The summed E-state index contributed by atoms with van der Waals surface area (Å²) in [7, 11) is 0. The van der Waals surface area contributed by atoms with E-state index < -0.39 is 0 Å². The van der Waals surface area contributed by atoms with Crippen LogP contribution in [0.1, 0.15) is 32.1 Å². The van der Waals surface area contributed by atoms with Crippen molar-refractivity contribution in [1.29, 1.82) is 0 Å². The molecule has 2 heterocycles. The Labute approximate surface area is 146 Å². The lowest BCUT2D eigenvalue weighted by Crippen LogP contribution is -2.54. The Bertz CT molecular complexity index is 830. The minimum absolute atomic E-state index is 0.0867. The molecule has 1 saturated heterocycles. The average Bonchev–Trinajstić information content (AvgIpc) is 2.67. The van der Waals surface area contributed by atoms with Crippen molar-refractivity contribution in [2.45, 2.75) is 50.8 Å². The molecule has 25 heavy (non-hydrogen) atoms. The second-order valence-electron chi connectivity index (χ2n) is 6.85. The SMILES string of the molecule is O=C(CCn1ncc(=O)c2ccccc21)N1CCO[C@@H]2CCCC[C@@H]21. The summed E-state index contributed by atoms with van der Waals surface area (Å²) in [6, 6.07) is 7.63. The molecule has 2 atom stereocenters. The molecule has 0 N–H and O–H groups in total. The normalized spacial score (nSPS) is 23.4. The fourth-order valence-corrected chi connectivity index (χ4v) is 4.09. The molecule has 2 aliphatic rings. The van der Waals surface area contributed by atoms with Gasteiger partial charge in [0.15, 0.2) is 0 Å². The lowest BCUT2D eigenvalue weighted by Gasteiger charge is -2.43. The summed E-state index contributed by atoms with van der Waals surface area (Å²) in [6.45, 7) is 1.79. The Morgan fingerprint density at radius 3 is 3.00 bits per heavy atom. The van der Waals surface area contributed by atoms with Crippen LogP contribution in [0.2, 0.25) is 0 Å². The van der Waals surface area contributed by atoms with Gasteiger partial charge >= 0.3 is 0 Å². The Kier molecular flexibility index (Phi) is 4.53. The van der Waals surface area contributed by atoms with Crippen LogP contribution in [0.5, 0.6) is 0 Å². The number of amides is 1. The highest BCUT2D eigenvalue weighted by Gasteiger charge is 2.36. The van der Waals surface area contributed by atoms with Crippen LogP contribution in [-0.2, 0) is 16.1 Å². The summed E-state index contributed by atoms with van der Waals surface area (Å²) < 4.78 is 7.61. The number of hydrogen-bond acceptors (Lipinski definition) is 4. The summed E-state index contributed by atoms with van der Waals surface area (Å²) in [4.78, 5) is 26.7. The van der Waals surface area contributed by atoms with Crippen LogP contribution in [0, 0.1) is 0 Å². The third-order valence-corrected chi connectivity index (χ3v) is 5.35. The zero-order chi connectivity index (χ0) is 17.2. The summed E-state index contributed by atoms with van der Waals surface area (Å²) in [5.41, 5.74) is 0.691. The van der Waals surface area contributed by atoms with Gasteiger partial charge in [-0.15, -0.1) is 0 Å². The number of carbonyl (C=O) groups is 1. The van der Waals surface area contributed by atoms with Gasteiger partial charge in [0.05, 0.1) is 37.0 Å². The molecule has 0 unspecified atom stereocenters. The fraction of sp³-hybridized carbons (Fsp3) is 0.526. The van der Waals surface area contributed by atoms with Crippen molar-refractivity contribution in [1.82, 2.24) is 14.7 Å². The van der Waals surface area contributed by atoms with Crippen LogP contribution in [0.25, 0.3) is 10.9 Å². The molecule has 0 spiro atoms. The number of benzene rings is 1. The van der Waals surface area contributed by atoms with Crippen LogP contribution in [0.4, 0.5) is 0 Å². The van der Waals surface area contributed by atoms with Crippen molar-refractivity contribution in [3.8, 4) is 0 Å². The first-order valence-corrected chi connectivity index (χ1v) is 9.10. The van der Waals surface area contributed by atoms with Crippen LogP contribution in [0.3, 0.4) is 0 Å². The molecule has 2 aromatic rings.